The first-order valence-electron chi connectivity index (χ1n) is 7.23. The Morgan fingerprint density at radius 3 is 2.57 bits per heavy atom. The van der Waals surface area contributed by atoms with E-state index in [-0.39, 0.29) is 11.9 Å². The molecule has 3 heteroatoms. The van der Waals surface area contributed by atoms with Gasteiger partial charge in [-0.15, -0.1) is 0 Å². The number of halogens is 1. The summed E-state index contributed by atoms with van der Waals surface area (Å²) in [6.07, 6.45) is 0. The minimum absolute atomic E-state index is 0.244. The van der Waals surface area contributed by atoms with E-state index in [9.17, 15) is 4.39 Å². The summed E-state index contributed by atoms with van der Waals surface area (Å²) in [5.74, 6) is 1.09. The van der Waals surface area contributed by atoms with Crippen molar-refractivity contribution in [3.8, 4) is 11.5 Å². The van der Waals surface area contributed by atoms with Gasteiger partial charge in [0.2, 0.25) is 0 Å². The minimum Gasteiger partial charge on any atom is -0.457 e. The maximum Gasteiger partial charge on any atom is 0.134 e. The Labute approximate surface area is 126 Å². The molecule has 0 unspecified atom stereocenters. The summed E-state index contributed by atoms with van der Waals surface area (Å²) in [5, 5.41) is 3.23. The Morgan fingerprint density at radius 2 is 1.86 bits per heavy atom. The van der Waals surface area contributed by atoms with Crippen LogP contribution in [0.25, 0.3) is 0 Å². The smallest absolute Gasteiger partial charge is 0.134 e. The highest BCUT2D eigenvalue weighted by molar-refractivity contribution is 5.43. The molecule has 0 aliphatic rings. The summed E-state index contributed by atoms with van der Waals surface area (Å²) < 4.78 is 20.0. The molecule has 21 heavy (non-hydrogen) atoms. The van der Waals surface area contributed by atoms with Gasteiger partial charge >= 0.3 is 0 Å². The van der Waals surface area contributed by atoms with Gasteiger partial charge in [-0.1, -0.05) is 32.0 Å². The van der Waals surface area contributed by atoms with Gasteiger partial charge in [0.05, 0.1) is 0 Å². The van der Waals surface area contributed by atoms with E-state index in [0.717, 1.165) is 16.9 Å². The Hall–Kier alpha value is -1.87. The summed E-state index contributed by atoms with van der Waals surface area (Å²) in [5.41, 5.74) is 2.72. The second-order valence-electron chi connectivity index (χ2n) is 5.62. The summed E-state index contributed by atoms with van der Waals surface area (Å²) in [6.45, 7) is 8.52. The lowest BCUT2D eigenvalue weighted by Crippen LogP contribution is -2.22. The average molecular weight is 287 g/mol. The van der Waals surface area contributed by atoms with Gasteiger partial charge in [0.15, 0.2) is 0 Å². The highest BCUT2D eigenvalue weighted by Crippen LogP contribution is 2.30. The number of aryl methyl sites for hydroxylation is 2. The zero-order chi connectivity index (χ0) is 15.4. The van der Waals surface area contributed by atoms with Crippen molar-refractivity contribution < 1.29 is 9.13 Å². The van der Waals surface area contributed by atoms with E-state index in [1.165, 1.54) is 6.07 Å². The Morgan fingerprint density at radius 1 is 1.10 bits per heavy atom. The maximum atomic E-state index is 14.1. The number of nitrogens with one attached hydrogen (secondary N) is 1. The average Bonchev–Trinajstić information content (AvgIpc) is 2.42. The molecule has 0 heterocycles. The van der Waals surface area contributed by atoms with Crippen LogP contribution in [0, 0.1) is 19.7 Å². The quantitative estimate of drug-likeness (QED) is 0.858. The standard InChI is InChI=1S/C18H22FNO/c1-12(2)20-11-15-16(19)6-5-7-17(15)21-18-10-13(3)8-9-14(18)4/h5-10,12,20H,11H2,1-4H3. The van der Waals surface area contributed by atoms with Gasteiger partial charge in [0, 0.05) is 18.2 Å². The fraction of sp³-hybridized carbons (Fsp3) is 0.333. The monoisotopic (exact) mass is 287 g/mol. The molecule has 0 saturated heterocycles. The van der Waals surface area contributed by atoms with Gasteiger partial charge in [-0.3, -0.25) is 0 Å². The van der Waals surface area contributed by atoms with E-state index in [0.29, 0.717) is 17.9 Å². The number of benzene rings is 2. The Balaban J connectivity index is 2.31. The van der Waals surface area contributed by atoms with Crippen molar-refractivity contribution in [3.05, 3.63) is 58.9 Å². The van der Waals surface area contributed by atoms with Crippen LogP contribution in [0.15, 0.2) is 36.4 Å². The zero-order valence-electron chi connectivity index (χ0n) is 13.0. The molecule has 0 spiro atoms. The van der Waals surface area contributed by atoms with Crippen LogP contribution in [-0.4, -0.2) is 6.04 Å². The lowest BCUT2D eigenvalue weighted by Gasteiger charge is -2.15. The van der Waals surface area contributed by atoms with Crippen molar-refractivity contribution in [3.63, 3.8) is 0 Å². The molecule has 0 aliphatic heterocycles. The summed E-state index contributed by atoms with van der Waals surface area (Å²) in [7, 11) is 0. The van der Waals surface area contributed by atoms with Crippen LogP contribution in [0.5, 0.6) is 11.5 Å². The van der Waals surface area contributed by atoms with Crippen molar-refractivity contribution in [1.29, 1.82) is 0 Å². The van der Waals surface area contributed by atoms with Crippen LogP contribution in [0.3, 0.4) is 0 Å². The normalized spacial score (nSPS) is 11.0. The topological polar surface area (TPSA) is 21.3 Å². The fourth-order valence-corrected chi connectivity index (χ4v) is 2.05. The predicted molar refractivity (Wildman–Crippen MR) is 84.4 cm³/mol. The summed E-state index contributed by atoms with van der Waals surface area (Å²) in [6, 6.07) is 11.3. The van der Waals surface area contributed by atoms with Gasteiger partial charge in [-0.2, -0.15) is 0 Å². The van der Waals surface area contributed by atoms with Gasteiger partial charge in [0.1, 0.15) is 17.3 Å². The molecular formula is C18H22FNO. The van der Waals surface area contributed by atoms with Gasteiger partial charge < -0.3 is 10.1 Å². The van der Waals surface area contributed by atoms with E-state index >= 15 is 0 Å². The molecule has 0 aromatic heterocycles. The third kappa shape index (κ3) is 4.05. The molecule has 112 valence electrons. The van der Waals surface area contributed by atoms with Crippen molar-refractivity contribution in [1.82, 2.24) is 5.32 Å². The van der Waals surface area contributed by atoms with E-state index in [4.69, 9.17) is 4.74 Å². The van der Waals surface area contributed by atoms with Crippen LogP contribution in [0.4, 0.5) is 4.39 Å². The number of rotatable bonds is 5. The minimum atomic E-state index is -0.244. The molecule has 0 aliphatic carbocycles. The molecule has 0 fully saturated rings. The van der Waals surface area contributed by atoms with Crippen molar-refractivity contribution in [2.24, 2.45) is 0 Å². The van der Waals surface area contributed by atoms with E-state index < -0.39 is 0 Å². The lowest BCUT2D eigenvalue weighted by atomic mass is 10.1. The predicted octanol–water partition coefficient (Wildman–Crippen LogP) is 4.73. The van der Waals surface area contributed by atoms with Crippen LogP contribution in [-0.2, 0) is 6.54 Å². The summed E-state index contributed by atoms with van der Waals surface area (Å²) in [4.78, 5) is 0. The largest absolute Gasteiger partial charge is 0.457 e. The summed E-state index contributed by atoms with van der Waals surface area (Å²) >= 11 is 0. The maximum absolute atomic E-state index is 14.1. The van der Waals surface area contributed by atoms with E-state index in [2.05, 4.69) is 5.32 Å². The second-order valence-corrected chi connectivity index (χ2v) is 5.62. The molecule has 2 aromatic carbocycles. The van der Waals surface area contributed by atoms with Crippen molar-refractivity contribution in [2.75, 3.05) is 0 Å². The zero-order valence-corrected chi connectivity index (χ0v) is 13.0. The molecule has 1 N–H and O–H groups in total. The lowest BCUT2D eigenvalue weighted by molar-refractivity contribution is 0.454. The first-order chi connectivity index (χ1) is 9.97. The molecule has 2 rings (SSSR count). The van der Waals surface area contributed by atoms with Crippen LogP contribution >= 0.6 is 0 Å². The van der Waals surface area contributed by atoms with Crippen LogP contribution in [0.1, 0.15) is 30.5 Å². The van der Waals surface area contributed by atoms with E-state index in [1.54, 1.807) is 6.07 Å². The third-order valence-corrected chi connectivity index (χ3v) is 3.33. The van der Waals surface area contributed by atoms with Crippen LogP contribution in [0.2, 0.25) is 0 Å². The molecular weight excluding hydrogens is 265 g/mol. The molecule has 2 nitrogen and oxygen atoms in total. The Kier molecular flexibility index (Phi) is 4.97. The molecule has 0 bridgehead atoms. The molecule has 2 aromatic rings. The van der Waals surface area contributed by atoms with Gasteiger partial charge in [0.25, 0.3) is 0 Å². The van der Waals surface area contributed by atoms with Crippen molar-refractivity contribution in [2.45, 2.75) is 40.3 Å². The first kappa shape index (κ1) is 15.5. The fourth-order valence-electron chi connectivity index (χ4n) is 2.05. The number of hydrogen-bond donors (Lipinski definition) is 1. The highest BCUT2D eigenvalue weighted by atomic mass is 19.1. The van der Waals surface area contributed by atoms with Crippen LogP contribution < -0.4 is 10.1 Å². The Bertz CT molecular complexity index is 623. The van der Waals surface area contributed by atoms with E-state index in [1.807, 2.05) is 52.0 Å². The first-order valence-corrected chi connectivity index (χ1v) is 7.23. The third-order valence-electron chi connectivity index (χ3n) is 3.33. The van der Waals surface area contributed by atoms with Gasteiger partial charge in [-0.25, -0.2) is 4.39 Å². The molecule has 0 radical (unpaired) electrons. The highest BCUT2D eigenvalue weighted by Gasteiger charge is 2.12. The molecule has 0 amide bonds. The second kappa shape index (κ2) is 6.72. The SMILES string of the molecule is Cc1ccc(C)c(Oc2cccc(F)c2CNC(C)C)c1. The van der Waals surface area contributed by atoms with Gasteiger partial charge in [-0.05, 0) is 43.2 Å². The number of ether oxygens (including phenoxy) is 1. The van der Waals surface area contributed by atoms with Crippen molar-refractivity contribution >= 4 is 0 Å². The molecule has 0 atom stereocenters. The number of hydrogen-bond acceptors (Lipinski definition) is 2. The molecule has 0 saturated carbocycles.